The fraction of sp³-hybridized carbons (Fsp3) is 0.333. The molecule has 2 aliphatic heterocycles. The molecule has 1 unspecified atom stereocenters. The minimum atomic E-state index is -0.263. The molecule has 1 fully saturated rings. The highest BCUT2D eigenvalue weighted by atomic mass is 19.1. The number of ether oxygens (including phenoxy) is 1. The fourth-order valence-corrected chi connectivity index (χ4v) is 3.41. The van der Waals surface area contributed by atoms with E-state index in [-0.39, 0.29) is 17.8 Å². The van der Waals surface area contributed by atoms with Crippen LogP contribution < -0.4 is 5.73 Å². The molecular weight excluding hydrogens is 387 g/mol. The van der Waals surface area contributed by atoms with Gasteiger partial charge in [0, 0.05) is 17.2 Å². The zero-order valence-corrected chi connectivity index (χ0v) is 16.9. The van der Waals surface area contributed by atoms with Crippen molar-refractivity contribution < 1.29 is 13.7 Å². The predicted molar refractivity (Wildman–Crippen MR) is 110 cm³/mol. The van der Waals surface area contributed by atoms with E-state index >= 15 is 0 Å². The van der Waals surface area contributed by atoms with Gasteiger partial charge in [-0.1, -0.05) is 23.9 Å². The first-order chi connectivity index (χ1) is 14.4. The Balaban J connectivity index is 1.40. The van der Waals surface area contributed by atoms with Gasteiger partial charge in [0.15, 0.2) is 11.6 Å². The summed E-state index contributed by atoms with van der Waals surface area (Å²) in [4.78, 5) is 14.9. The van der Waals surface area contributed by atoms with Gasteiger partial charge >= 0.3 is 0 Å². The van der Waals surface area contributed by atoms with Gasteiger partial charge in [0.1, 0.15) is 12.4 Å². The van der Waals surface area contributed by atoms with Gasteiger partial charge in [-0.05, 0) is 38.0 Å². The Morgan fingerprint density at radius 1 is 1.37 bits per heavy atom. The number of nitrogens with zero attached hydrogens (tertiary/aromatic N) is 5. The predicted octanol–water partition coefficient (Wildman–Crippen LogP) is 3.42. The summed E-state index contributed by atoms with van der Waals surface area (Å²) in [5.41, 5.74) is 8.15. The molecule has 0 bridgehead atoms. The highest BCUT2D eigenvalue weighted by Crippen LogP contribution is 2.37. The molecule has 0 amide bonds. The lowest BCUT2D eigenvalue weighted by Crippen LogP contribution is -2.24. The molecule has 2 atom stereocenters. The Kier molecular flexibility index (Phi) is 5.45. The molecule has 9 heteroatoms. The zero-order valence-electron chi connectivity index (χ0n) is 16.9. The third-order valence-electron chi connectivity index (χ3n) is 5.11. The SMILES string of the molecule is C=C1C(C)=C(/N=C(\C)N)N=CN1Cc1nc(C2CO[C@@H](c3ccc(F)cc3)C2)no1. The number of halogens is 1. The smallest absolute Gasteiger partial charge is 0.246 e. The van der Waals surface area contributed by atoms with E-state index in [1.54, 1.807) is 25.4 Å². The van der Waals surface area contributed by atoms with E-state index in [4.69, 9.17) is 15.0 Å². The van der Waals surface area contributed by atoms with Crippen LogP contribution in [0.3, 0.4) is 0 Å². The number of allylic oxidation sites excluding steroid dienone is 1. The van der Waals surface area contributed by atoms with E-state index < -0.39 is 0 Å². The van der Waals surface area contributed by atoms with Crippen molar-refractivity contribution >= 4 is 12.2 Å². The average Bonchev–Trinajstić information content (AvgIpc) is 3.38. The van der Waals surface area contributed by atoms with Crippen LogP contribution >= 0.6 is 0 Å². The van der Waals surface area contributed by atoms with Crippen LogP contribution in [-0.2, 0) is 11.3 Å². The Morgan fingerprint density at radius 3 is 2.87 bits per heavy atom. The van der Waals surface area contributed by atoms with Crippen molar-refractivity contribution in [3.8, 4) is 0 Å². The van der Waals surface area contributed by atoms with Crippen molar-refractivity contribution in [3.63, 3.8) is 0 Å². The summed E-state index contributed by atoms with van der Waals surface area (Å²) in [6.07, 6.45) is 2.23. The van der Waals surface area contributed by atoms with E-state index in [0.717, 1.165) is 16.8 Å². The molecule has 2 aliphatic rings. The first kappa shape index (κ1) is 20.0. The molecule has 4 rings (SSSR count). The van der Waals surface area contributed by atoms with Crippen LogP contribution in [0.5, 0.6) is 0 Å². The molecule has 1 aromatic heterocycles. The lowest BCUT2D eigenvalue weighted by molar-refractivity contribution is 0.110. The van der Waals surface area contributed by atoms with Crippen molar-refractivity contribution in [3.05, 3.63) is 71.0 Å². The quantitative estimate of drug-likeness (QED) is 0.599. The second-order valence-electron chi connectivity index (χ2n) is 7.37. The van der Waals surface area contributed by atoms with Crippen molar-refractivity contribution in [2.45, 2.75) is 38.8 Å². The van der Waals surface area contributed by atoms with Gasteiger partial charge in [-0.25, -0.2) is 14.4 Å². The van der Waals surface area contributed by atoms with Crippen LogP contribution in [0.4, 0.5) is 4.39 Å². The number of aliphatic imine (C=N–C) groups is 2. The van der Waals surface area contributed by atoms with Gasteiger partial charge in [-0.15, -0.1) is 0 Å². The number of hydrogen-bond acceptors (Lipinski definition) is 7. The molecule has 0 aliphatic carbocycles. The maximum absolute atomic E-state index is 13.1. The molecule has 0 saturated carbocycles. The summed E-state index contributed by atoms with van der Waals surface area (Å²) in [6, 6.07) is 6.36. The van der Waals surface area contributed by atoms with Crippen LogP contribution in [0.1, 0.15) is 49.6 Å². The van der Waals surface area contributed by atoms with Gasteiger partial charge in [0.25, 0.3) is 0 Å². The lowest BCUT2D eigenvalue weighted by Gasteiger charge is -2.24. The minimum absolute atomic E-state index is 0.0193. The summed E-state index contributed by atoms with van der Waals surface area (Å²) in [7, 11) is 0. The minimum Gasteiger partial charge on any atom is -0.387 e. The van der Waals surface area contributed by atoms with E-state index in [2.05, 4.69) is 26.7 Å². The molecule has 1 saturated heterocycles. The van der Waals surface area contributed by atoms with E-state index in [1.165, 1.54) is 12.1 Å². The first-order valence-corrected chi connectivity index (χ1v) is 9.62. The van der Waals surface area contributed by atoms with Crippen molar-refractivity contribution in [1.82, 2.24) is 15.0 Å². The number of nitrogens with two attached hydrogens (primary N) is 1. The number of rotatable bonds is 5. The van der Waals surface area contributed by atoms with Gasteiger partial charge in [-0.2, -0.15) is 4.98 Å². The van der Waals surface area contributed by atoms with Crippen LogP contribution in [0, 0.1) is 5.82 Å². The highest BCUT2D eigenvalue weighted by Gasteiger charge is 2.31. The first-order valence-electron chi connectivity index (χ1n) is 9.62. The third-order valence-corrected chi connectivity index (χ3v) is 5.11. The molecule has 0 spiro atoms. The molecular formula is C21H23FN6O2. The highest BCUT2D eigenvalue weighted by molar-refractivity contribution is 5.79. The Labute approximate surface area is 173 Å². The summed E-state index contributed by atoms with van der Waals surface area (Å²) in [6.45, 7) is 8.52. The van der Waals surface area contributed by atoms with Crippen molar-refractivity contribution in [1.29, 1.82) is 0 Å². The van der Waals surface area contributed by atoms with Crippen molar-refractivity contribution in [2.24, 2.45) is 15.7 Å². The lowest BCUT2D eigenvalue weighted by atomic mass is 10.00. The fourth-order valence-electron chi connectivity index (χ4n) is 3.41. The topological polar surface area (TPSA) is 102 Å². The summed E-state index contributed by atoms with van der Waals surface area (Å²) in [5, 5.41) is 4.13. The maximum atomic E-state index is 13.1. The van der Waals surface area contributed by atoms with Crippen LogP contribution in [0.2, 0.25) is 0 Å². The number of hydrogen-bond donors (Lipinski definition) is 1. The second kappa shape index (κ2) is 8.19. The van der Waals surface area contributed by atoms with Crippen LogP contribution in [0.25, 0.3) is 0 Å². The van der Waals surface area contributed by atoms with Crippen LogP contribution in [-0.4, -0.2) is 33.8 Å². The Morgan fingerprint density at radius 2 is 2.13 bits per heavy atom. The largest absolute Gasteiger partial charge is 0.387 e. The Hall–Kier alpha value is -3.33. The van der Waals surface area contributed by atoms with E-state index in [0.29, 0.717) is 42.9 Å². The number of benzene rings is 1. The molecule has 30 heavy (non-hydrogen) atoms. The molecule has 2 aromatic rings. The molecule has 156 valence electrons. The third kappa shape index (κ3) is 4.16. The average molecular weight is 410 g/mol. The Bertz CT molecular complexity index is 1040. The van der Waals surface area contributed by atoms with Gasteiger partial charge in [-0.3, -0.25) is 0 Å². The summed E-state index contributed by atoms with van der Waals surface area (Å²) < 4.78 is 24.4. The maximum Gasteiger partial charge on any atom is 0.246 e. The van der Waals surface area contributed by atoms with Gasteiger partial charge < -0.3 is 19.9 Å². The summed E-state index contributed by atoms with van der Waals surface area (Å²) >= 11 is 0. The number of amidine groups is 1. The zero-order chi connectivity index (χ0) is 21.3. The van der Waals surface area contributed by atoms with E-state index in [1.807, 2.05) is 11.8 Å². The molecule has 2 N–H and O–H groups in total. The number of aromatic nitrogens is 2. The molecule has 3 heterocycles. The second-order valence-corrected chi connectivity index (χ2v) is 7.37. The van der Waals surface area contributed by atoms with Gasteiger partial charge in [0.2, 0.25) is 5.89 Å². The van der Waals surface area contributed by atoms with Crippen molar-refractivity contribution in [2.75, 3.05) is 6.61 Å². The normalized spacial score (nSPS) is 22.3. The van der Waals surface area contributed by atoms with Crippen LogP contribution in [0.15, 0.2) is 62.4 Å². The monoisotopic (exact) mass is 410 g/mol. The molecule has 0 radical (unpaired) electrons. The standard InChI is InChI=1S/C21H23FN6O2/c1-12-13(2)28(11-24-20(12)25-14(3)23)9-19-26-21(27-30-19)16-8-18(29-10-16)15-4-6-17(22)7-5-15/h4-7,11,16,18H,2,8-10H2,1,3H3,(H2,23,25)/t16?,18-/m1/s1. The summed E-state index contributed by atoms with van der Waals surface area (Å²) in [5.74, 6) is 1.79. The van der Waals surface area contributed by atoms with E-state index in [9.17, 15) is 4.39 Å². The molecule has 1 aromatic carbocycles. The molecule has 8 nitrogen and oxygen atoms in total. The van der Waals surface area contributed by atoms with Gasteiger partial charge in [0.05, 0.1) is 24.9 Å².